The molecule has 5 heteroatoms. The fraction of sp³-hybridized carbons (Fsp3) is 0.667. The van der Waals surface area contributed by atoms with Crippen LogP contribution in [-0.4, -0.2) is 38.6 Å². The van der Waals surface area contributed by atoms with E-state index in [0.29, 0.717) is 0 Å². The highest BCUT2D eigenvalue weighted by Gasteiger charge is 2.24. The smallest absolute Gasteiger partial charge is 0.306 e. The highest BCUT2D eigenvalue weighted by Crippen LogP contribution is 2.18. The van der Waals surface area contributed by atoms with Crippen LogP contribution in [0.1, 0.15) is 25.6 Å². The van der Waals surface area contributed by atoms with Crippen molar-refractivity contribution in [3.63, 3.8) is 0 Å². The van der Waals surface area contributed by atoms with E-state index in [-0.39, 0.29) is 5.92 Å². The molecule has 0 unspecified atom stereocenters. The second-order valence-corrected chi connectivity index (χ2v) is 4.52. The third kappa shape index (κ3) is 2.85. The van der Waals surface area contributed by atoms with Gasteiger partial charge in [-0.3, -0.25) is 9.69 Å². The van der Waals surface area contributed by atoms with Crippen molar-refractivity contribution in [1.82, 2.24) is 14.5 Å². The van der Waals surface area contributed by atoms with Gasteiger partial charge in [0.05, 0.1) is 12.5 Å². The molecule has 1 fully saturated rings. The van der Waals surface area contributed by atoms with E-state index in [1.165, 1.54) is 0 Å². The van der Waals surface area contributed by atoms with Crippen molar-refractivity contribution in [3.8, 4) is 0 Å². The van der Waals surface area contributed by atoms with Gasteiger partial charge in [0.15, 0.2) is 0 Å². The Balaban J connectivity index is 1.88. The number of carbonyl (C=O) groups is 1. The first-order valence-electron chi connectivity index (χ1n) is 6.16. The van der Waals surface area contributed by atoms with E-state index in [1.54, 1.807) is 0 Å². The molecular formula is C12H19N3O2. The number of hydrogen-bond donors (Lipinski definition) is 1. The fourth-order valence-electron chi connectivity index (χ4n) is 2.32. The standard InChI is InChI=1S/C12H19N3O2/c1-2-15-8-5-13-11(15)9-14-6-3-10(4-7-14)12(16)17/h5,8,10H,2-4,6-7,9H2,1H3,(H,16,17). The quantitative estimate of drug-likeness (QED) is 0.855. The van der Waals surface area contributed by atoms with Crippen LogP contribution in [0.5, 0.6) is 0 Å². The van der Waals surface area contributed by atoms with Crippen LogP contribution in [-0.2, 0) is 17.9 Å². The zero-order valence-corrected chi connectivity index (χ0v) is 10.2. The summed E-state index contributed by atoms with van der Waals surface area (Å²) in [5, 5.41) is 8.93. The summed E-state index contributed by atoms with van der Waals surface area (Å²) in [5.41, 5.74) is 0. The topological polar surface area (TPSA) is 58.4 Å². The summed E-state index contributed by atoms with van der Waals surface area (Å²) in [6, 6.07) is 0. The Morgan fingerprint density at radius 2 is 2.24 bits per heavy atom. The first kappa shape index (κ1) is 12.1. The maximum atomic E-state index is 10.8. The predicted octanol–water partition coefficient (Wildman–Crippen LogP) is 1.20. The van der Waals surface area contributed by atoms with Crippen molar-refractivity contribution in [2.24, 2.45) is 5.92 Å². The molecule has 1 aromatic heterocycles. The largest absolute Gasteiger partial charge is 0.481 e. The lowest BCUT2D eigenvalue weighted by atomic mass is 9.97. The molecule has 0 radical (unpaired) electrons. The van der Waals surface area contributed by atoms with Gasteiger partial charge in [-0.2, -0.15) is 0 Å². The van der Waals surface area contributed by atoms with E-state index in [1.807, 2.05) is 12.4 Å². The molecule has 0 bridgehead atoms. The summed E-state index contributed by atoms with van der Waals surface area (Å²) in [5.74, 6) is 0.262. The molecule has 1 aliphatic rings. The van der Waals surface area contributed by atoms with Crippen LogP contribution in [0.4, 0.5) is 0 Å². The third-order valence-corrected chi connectivity index (χ3v) is 3.44. The van der Waals surface area contributed by atoms with Gasteiger partial charge < -0.3 is 9.67 Å². The Morgan fingerprint density at radius 3 is 2.82 bits per heavy atom. The predicted molar refractivity (Wildman–Crippen MR) is 63.5 cm³/mol. The molecule has 17 heavy (non-hydrogen) atoms. The second-order valence-electron chi connectivity index (χ2n) is 4.52. The molecule has 1 aliphatic heterocycles. The summed E-state index contributed by atoms with van der Waals surface area (Å²) in [7, 11) is 0. The summed E-state index contributed by atoms with van der Waals surface area (Å²) in [4.78, 5) is 17.5. The first-order chi connectivity index (χ1) is 8.20. The van der Waals surface area contributed by atoms with E-state index in [4.69, 9.17) is 5.11 Å². The molecule has 1 N–H and O–H groups in total. The van der Waals surface area contributed by atoms with Crippen LogP contribution in [0, 0.1) is 5.92 Å². The number of hydrogen-bond acceptors (Lipinski definition) is 3. The van der Waals surface area contributed by atoms with Gasteiger partial charge in [-0.15, -0.1) is 0 Å². The fourth-order valence-corrected chi connectivity index (χ4v) is 2.32. The van der Waals surface area contributed by atoms with Gasteiger partial charge in [0.1, 0.15) is 5.82 Å². The number of imidazole rings is 1. The van der Waals surface area contributed by atoms with Crippen LogP contribution in [0.15, 0.2) is 12.4 Å². The number of rotatable bonds is 4. The van der Waals surface area contributed by atoms with Crippen LogP contribution in [0.25, 0.3) is 0 Å². The molecule has 0 atom stereocenters. The molecule has 0 spiro atoms. The summed E-state index contributed by atoms with van der Waals surface area (Å²) < 4.78 is 2.13. The number of nitrogens with zero attached hydrogens (tertiary/aromatic N) is 3. The van der Waals surface area contributed by atoms with E-state index in [0.717, 1.165) is 44.8 Å². The van der Waals surface area contributed by atoms with Crippen LogP contribution < -0.4 is 0 Å². The van der Waals surface area contributed by atoms with Gasteiger partial charge in [0, 0.05) is 18.9 Å². The molecule has 1 saturated heterocycles. The van der Waals surface area contributed by atoms with Gasteiger partial charge in [-0.05, 0) is 32.9 Å². The Kier molecular flexibility index (Phi) is 3.78. The van der Waals surface area contributed by atoms with E-state index < -0.39 is 5.97 Å². The molecule has 5 nitrogen and oxygen atoms in total. The molecular weight excluding hydrogens is 218 g/mol. The maximum absolute atomic E-state index is 10.8. The number of carboxylic acid groups (broad SMARTS) is 1. The summed E-state index contributed by atoms with van der Waals surface area (Å²) in [6.07, 6.45) is 5.31. The molecule has 0 amide bonds. The molecule has 1 aromatic rings. The van der Waals surface area contributed by atoms with Gasteiger partial charge in [-0.1, -0.05) is 0 Å². The van der Waals surface area contributed by atoms with Crippen LogP contribution in [0.3, 0.4) is 0 Å². The van der Waals surface area contributed by atoms with E-state index >= 15 is 0 Å². The molecule has 0 aromatic carbocycles. The molecule has 94 valence electrons. The number of aliphatic carboxylic acids is 1. The van der Waals surface area contributed by atoms with Crippen molar-refractivity contribution in [3.05, 3.63) is 18.2 Å². The van der Waals surface area contributed by atoms with Gasteiger partial charge in [0.25, 0.3) is 0 Å². The van der Waals surface area contributed by atoms with E-state index in [2.05, 4.69) is 21.4 Å². The average Bonchev–Trinajstić information content (AvgIpc) is 2.77. The Labute approximate surface area is 101 Å². The van der Waals surface area contributed by atoms with Gasteiger partial charge in [0.2, 0.25) is 0 Å². The van der Waals surface area contributed by atoms with Crippen molar-refractivity contribution in [2.75, 3.05) is 13.1 Å². The van der Waals surface area contributed by atoms with Crippen molar-refractivity contribution in [1.29, 1.82) is 0 Å². The van der Waals surface area contributed by atoms with Gasteiger partial charge >= 0.3 is 5.97 Å². The Morgan fingerprint density at radius 1 is 1.53 bits per heavy atom. The highest BCUT2D eigenvalue weighted by atomic mass is 16.4. The monoisotopic (exact) mass is 237 g/mol. The lowest BCUT2D eigenvalue weighted by molar-refractivity contribution is -0.143. The van der Waals surface area contributed by atoms with E-state index in [9.17, 15) is 4.79 Å². The Hall–Kier alpha value is -1.36. The lowest BCUT2D eigenvalue weighted by Crippen LogP contribution is -2.36. The van der Waals surface area contributed by atoms with Crippen LogP contribution >= 0.6 is 0 Å². The maximum Gasteiger partial charge on any atom is 0.306 e. The van der Waals surface area contributed by atoms with Crippen molar-refractivity contribution < 1.29 is 9.90 Å². The zero-order valence-electron chi connectivity index (χ0n) is 10.2. The molecule has 2 rings (SSSR count). The number of piperidine rings is 1. The van der Waals surface area contributed by atoms with Crippen molar-refractivity contribution >= 4 is 5.97 Å². The minimum Gasteiger partial charge on any atom is -0.481 e. The van der Waals surface area contributed by atoms with Gasteiger partial charge in [-0.25, -0.2) is 4.98 Å². The summed E-state index contributed by atoms with van der Waals surface area (Å²) in [6.45, 7) is 5.57. The normalized spacial score (nSPS) is 18.4. The number of aryl methyl sites for hydroxylation is 1. The summed E-state index contributed by atoms with van der Waals surface area (Å²) >= 11 is 0. The number of likely N-dealkylation sites (tertiary alicyclic amines) is 1. The zero-order chi connectivity index (χ0) is 12.3. The second kappa shape index (κ2) is 5.31. The minimum atomic E-state index is -0.653. The average molecular weight is 237 g/mol. The number of carboxylic acids is 1. The third-order valence-electron chi connectivity index (χ3n) is 3.44. The minimum absolute atomic E-state index is 0.155. The highest BCUT2D eigenvalue weighted by molar-refractivity contribution is 5.70. The number of aromatic nitrogens is 2. The molecule has 0 saturated carbocycles. The lowest BCUT2D eigenvalue weighted by Gasteiger charge is -2.29. The van der Waals surface area contributed by atoms with Crippen LogP contribution in [0.2, 0.25) is 0 Å². The van der Waals surface area contributed by atoms with Crippen molar-refractivity contribution in [2.45, 2.75) is 32.9 Å². The molecule has 2 heterocycles. The first-order valence-corrected chi connectivity index (χ1v) is 6.16. The molecule has 0 aliphatic carbocycles. The SMILES string of the molecule is CCn1ccnc1CN1CCC(C(=O)O)CC1. The Bertz CT molecular complexity index is 381.